The van der Waals surface area contributed by atoms with Crippen molar-refractivity contribution in [3.05, 3.63) is 132 Å². The minimum absolute atomic E-state index is 0.148. The van der Waals surface area contributed by atoms with Crippen molar-refractivity contribution in [2.45, 2.75) is 23.6 Å². The minimum Gasteiger partial charge on any atom is -0.504 e. The Morgan fingerprint density at radius 1 is 0.378 bits per heavy atom. The van der Waals surface area contributed by atoms with Crippen LogP contribution in [0.3, 0.4) is 0 Å². The molecule has 0 saturated heterocycles. The Morgan fingerprint density at radius 3 is 0.889 bits per heavy atom. The summed E-state index contributed by atoms with van der Waals surface area (Å²) in [6.45, 7) is 3.22. The quantitative estimate of drug-likeness (QED) is 0.140. The molecule has 0 amide bonds. The highest BCUT2D eigenvalue weighted by Crippen LogP contribution is 2.55. The van der Waals surface area contributed by atoms with Crippen LogP contribution >= 0.6 is 0 Å². The second kappa shape index (κ2) is 11.5. The Balaban J connectivity index is 1.84. The minimum atomic E-state index is -4.92. The molecule has 224 valence electrons. The zero-order valence-corrected chi connectivity index (χ0v) is 25.4. The van der Waals surface area contributed by atoms with Crippen molar-refractivity contribution < 1.29 is 28.8 Å². The van der Waals surface area contributed by atoms with Crippen molar-refractivity contribution in [3.8, 4) is 67.5 Å². The maximum atomic E-state index is 15.2. The Morgan fingerprint density at radius 2 is 0.622 bits per heavy atom. The van der Waals surface area contributed by atoms with Crippen molar-refractivity contribution >= 4 is 9.84 Å². The van der Waals surface area contributed by atoms with E-state index in [1.165, 1.54) is 0 Å². The molecule has 6 nitrogen and oxygen atoms in total. The maximum Gasteiger partial charge on any atom is 0.215 e. The van der Waals surface area contributed by atoms with Crippen LogP contribution in [-0.2, 0) is 9.84 Å². The van der Waals surface area contributed by atoms with E-state index in [-0.39, 0.29) is 22.3 Å². The van der Waals surface area contributed by atoms with Gasteiger partial charge in [0.05, 0.1) is 0 Å². The van der Waals surface area contributed by atoms with Gasteiger partial charge in [0.1, 0.15) is 9.79 Å². The lowest BCUT2D eigenvalue weighted by atomic mass is 9.89. The predicted molar refractivity (Wildman–Crippen MR) is 176 cm³/mol. The first-order valence-corrected chi connectivity index (χ1v) is 15.8. The van der Waals surface area contributed by atoms with Crippen LogP contribution in [0, 0.1) is 13.8 Å². The summed E-state index contributed by atoms with van der Waals surface area (Å²) >= 11 is 0. The molecular weight excluding hydrogens is 584 g/mol. The number of hydrogen-bond acceptors (Lipinski definition) is 6. The average molecular weight is 615 g/mol. The second-order valence-corrected chi connectivity index (χ2v) is 12.6. The van der Waals surface area contributed by atoms with E-state index in [0.717, 1.165) is 0 Å². The summed E-state index contributed by atoms with van der Waals surface area (Å²) in [6.07, 6.45) is 0. The molecule has 0 spiro atoms. The van der Waals surface area contributed by atoms with Crippen molar-refractivity contribution in [1.29, 1.82) is 0 Å². The van der Waals surface area contributed by atoms with Crippen LogP contribution in [0.1, 0.15) is 11.1 Å². The van der Waals surface area contributed by atoms with Gasteiger partial charge >= 0.3 is 0 Å². The molecule has 0 fully saturated rings. The molecule has 0 unspecified atom stereocenters. The molecule has 0 saturated carbocycles. The topological polar surface area (TPSA) is 115 Å². The molecule has 6 aromatic rings. The third kappa shape index (κ3) is 4.87. The summed E-state index contributed by atoms with van der Waals surface area (Å²) < 4.78 is 30.4. The zero-order valence-electron chi connectivity index (χ0n) is 24.6. The van der Waals surface area contributed by atoms with Gasteiger partial charge in [0.25, 0.3) is 0 Å². The molecule has 0 aliphatic carbocycles. The molecule has 0 atom stereocenters. The van der Waals surface area contributed by atoms with Gasteiger partial charge < -0.3 is 20.4 Å². The van der Waals surface area contributed by atoms with Gasteiger partial charge in [0.15, 0.2) is 23.0 Å². The van der Waals surface area contributed by atoms with E-state index < -0.39 is 42.6 Å². The van der Waals surface area contributed by atoms with Crippen LogP contribution in [0.15, 0.2) is 131 Å². The number of phenolic OH excluding ortho intramolecular Hbond substituents is 4. The smallest absolute Gasteiger partial charge is 0.215 e. The summed E-state index contributed by atoms with van der Waals surface area (Å²) in [7, 11) is -4.92. The largest absolute Gasteiger partial charge is 0.504 e. The fraction of sp³-hybridized carbons (Fsp3) is 0.0526. The predicted octanol–water partition coefficient (Wildman–Crippen LogP) is 8.63. The Bertz CT molecular complexity index is 1990. The van der Waals surface area contributed by atoms with Crippen molar-refractivity contribution in [1.82, 2.24) is 0 Å². The van der Waals surface area contributed by atoms with E-state index in [1.54, 1.807) is 123 Å². The molecule has 0 bridgehead atoms. The number of aromatic hydroxyl groups is 4. The number of hydrogen-bond donors (Lipinski definition) is 4. The van der Waals surface area contributed by atoms with Crippen molar-refractivity contribution in [2.24, 2.45) is 0 Å². The second-order valence-electron chi connectivity index (χ2n) is 10.8. The Labute approximate surface area is 261 Å². The van der Waals surface area contributed by atoms with Gasteiger partial charge in [-0.1, -0.05) is 121 Å². The van der Waals surface area contributed by atoms with Crippen LogP contribution in [0.5, 0.6) is 23.0 Å². The molecule has 6 aromatic carbocycles. The van der Waals surface area contributed by atoms with Gasteiger partial charge in [-0.15, -0.1) is 0 Å². The summed E-state index contributed by atoms with van der Waals surface area (Å²) in [4.78, 5) is -1.18. The van der Waals surface area contributed by atoms with E-state index in [0.29, 0.717) is 33.4 Å². The molecule has 0 radical (unpaired) electrons. The first-order valence-electron chi connectivity index (χ1n) is 14.3. The van der Waals surface area contributed by atoms with Crippen molar-refractivity contribution in [3.63, 3.8) is 0 Å². The van der Waals surface area contributed by atoms with Gasteiger partial charge in [-0.2, -0.15) is 0 Å². The van der Waals surface area contributed by atoms with Crippen LogP contribution in [0.4, 0.5) is 0 Å². The molecule has 6 rings (SSSR count). The highest BCUT2D eigenvalue weighted by Gasteiger charge is 2.38. The van der Waals surface area contributed by atoms with Gasteiger partial charge in [-0.25, -0.2) is 8.42 Å². The van der Waals surface area contributed by atoms with Gasteiger partial charge in [0.2, 0.25) is 9.84 Å². The maximum absolute atomic E-state index is 15.2. The zero-order chi connectivity index (χ0) is 31.9. The molecule has 0 heterocycles. The summed E-state index contributed by atoms with van der Waals surface area (Å²) in [6, 6.07) is 35.4. The van der Waals surface area contributed by atoms with Gasteiger partial charge in [-0.05, 0) is 47.2 Å². The van der Waals surface area contributed by atoms with Crippen molar-refractivity contribution in [2.75, 3.05) is 0 Å². The third-order valence-electron chi connectivity index (χ3n) is 8.08. The van der Waals surface area contributed by atoms with E-state index >= 15 is 8.42 Å². The third-order valence-corrected chi connectivity index (χ3v) is 9.95. The molecule has 0 aromatic heterocycles. The Kier molecular flexibility index (Phi) is 7.56. The fourth-order valence-electron chi connectivity index (χ4n) is 5.96. The number of benzene rings is 6. The molecule has 7 heteroatoms. The summed E-state index contributed by atoms with van der Waals surface area (Å²) in [5.41, 5.74) is 3.81. The lowest BCUT2D eigenvalue weighted by Gasteiger charge is -2.24. The van der Waals surface area contributed by atoms with Crippen LogP contribution in [0.25, 0.3) is 44.5 Å². The highest BCUT2D eigenvalue weighted by molar-refractivity contribution is 7.92. The van der Waals surface area contributed by atoms with E-state index in [9.17, 15) is 20.4 Å². The summed E-state index contributed by atoms with van der Waals surface area (Å²) in [5, 5.41) is 45.7. The number of phenols is 4. The van der Waals surface area contributed by atoms with E-state index in [1.807, 2.05) is 12.1 Å². The van der Waals surface area contributed by atoms with Gasteiger partial charge in [-0.3, -0.25) is 0 Å². The molecule has 45 heavy (non-hydrogen) atoms. The lowest BCUT2D eigenvalue weighted by Crippen LogP contribution is -2.10. The van der Waals surface area contributed by atoms with Crippen LogP contribution in [0.2, 0.25) is 0 Å². The Hall–Kier alpha value is -5.53. The average Bonchev–Trinajstić information content (AvgIpc) is 3.07. The first-order chi connectivity index (χ1) is 21.6. The summed E-state index contributed by atoms with van der Waals surface area (Å²) in [5.74, 6) is -2.92. The fourth-order valence-corrected chi connectivity index (χ4v) is 7.85. The van der Waals surface area contributed by atoms with E-state index in [2.05, 4.69) is 0 Å². The molecular formula is C38H30O6S. The SMILES string of the molecule is Cc1c(O)c(O)c(S(=O)(=O)c2c(O)c(O)c(C)c(-c3ccccc3)c2-c2ccccc2)c(-c2ccccc2)c1-c1ccccc1. The van der Waals surface area contributed by atoms with Gasteiger partial charge in [0, 0.05) is 22.3 Å². The molecule has 0 aliphatic heterocycles. The normalized spacial score (nSPS) is 11.4. The monoisotopic (exact) mass is 614 g/mol. The van der Waals surface area contributed by atoms with Crippen LogP contribution in [-0.4, -0.2) is 28.8 Å². The van der Waals surface area contributed by atoms with Crippen LogP contribution < -0.4 is 0 Å². The standard InChI is InChI=1S/C38H30O6S/c1-23-29(25-15-7-3-8-16-25)31(27-19-11-5-12-20-27)37(35(41)33(23)39)45(43,44)38-32(28-21-13-6-14-22-28)30(24(2)34(40)36(38)42)26-17-9-4-10-18-26/h3-22,39-42H,1-2H3. The number of sulfone groups is 1. The highest BCUT2D eigenvalue weighted by atomic mass is 32.2. The molecule has 4 N–H and O–H groups in total. The molecule has 0 aliphatic rings. The lowest BCUT2D eigenvalue weighted by molar-refractivity contribution is 0.387. The first kappa shape index (κ1) is 29.5. The van der Waals surface area contributed by atoms with E-state index in [4.69, 9.17) is 0 Å². The number of rotatable bonds is 6.